The number of rotatable bonds is 15. The summed E-state index contributed by atoms with van der Waals surface area (Å²) in [4.78, 5) is 25.1. The number of allylic oxidation sites excluding steroid dienone is 6. The Hall–Kier alpha value is -5.74. The minimum absolute atomic E-state index is 0.00146. The molecular formula is C45H46N3O4+. The van der Waals surface area contributed by atoms with Crippen LogP contribution in [0, 0.1) is 11.3 Å². The Kier molecular flexibility index (Phi) is 10.9. The van der Waals surface area contributed by atoms with Gasteiger partial charge < -0.3 is 14.7 Å². The summed E-state index contributed by atoms with van der Waals surface area (Å²) in [5, 5.41) is 22.4. The van der Waals surface area contributed by atoms with Crippen molar-refractivity contribution in [1.82, 2.24) is 0 Å². The number of carboxylic acid groups (broad SMARTS) is 1. The van der Waals surface area contributed by atoms with Gasteiger partial charge in [0.1, 0.15) is 6.61 Å². The molecule has 0 spiro atoms. The van der Waals surface area contributed by atoms with Gasteiger partial charge in [-0.3, -0.25) is 9.59 Å². The zero-order chi connectivity index (χ0) is 36.7. The second-order valence-corrected chi connectivity index (χ2v) is 14.0. The number of carboxylic acids is 1. The number of hydrogen-bond acceptors (Lipinski definition) is 5. The van der Waals surface area contributed by atoms with Crippen molar-refractivity contribution in [2.75, 3.05) is 24.6 Å². The zero-order valence-electron chi connectivity index (χ0n) is 30.2. The highest BCUT2D eigenvalue weighted by atomic mass is 16.5. The lowest BCUT2D eigenvalue weighted by atomic mass is 9.74. The van der Waals surface area contributed by atoms with E-state index in [0.29, 0.717) is 25.1 Å². The summed E-state index contributed by atoms with van der Waals surface area (Å²) in [6.07, 6.45) is 11.5. The van der Waals surface area contributed by atoms with Gasteiger partial charge in [0.25, 0.3) is 6.47 Å². The fourth-order valence-electron chi connectivity index (χ4n) is 8.16. The summed E-state index contributed by atoms with van der Waals surface area (Å²) in [6.45, 7) is 8.14. The minimum atomic E-state index is -0.848. The molecule has 0 amide bonds. The molecule has 2 atom stereocenters. The molecule has 2 heterocycles. The number of carbonyl (C=O) groups is 2. The van der Waals surface area contributed by atoms with E-state index in [1.54, 1.807) is 0 Å². The molecule has 1 N–H and O–H groups in total. The molecule has 2 aliphatic rings. The number of aliphatic carboxylic acids is 1. The van der Waals surface area contributed by atoms with Gasteiger partial charge in [0.15, 0.2) is 12.3 Å². The van der Waals surface area contributed by atoms with E-state index >= 15 is 0 Å². The van der Waals surface area contributed by atoms with Crippen LogP contribution in [0.4, 0.5) is 11.4 Å². The van der Waals surface area contributed by atoms with E-state index in [-0.39, 0.29) is 18.4 Å². The van der Waals surface area contributed by atoms with Crippen LogP contribution >= 0.6 is 0 Å². The first kappa shape index (κ1) is 36.1. The van der Waals surface area contributed by atoms with Crippen LogP contribution in [0.15, 0.2) is 127 Å². The van der Waals surface area contributed by atoms with Crippen LogP contribution in [0.25, 0.3) is 10.8 Å². The number of nitriles is 1. The number of anilines is 1. The van der Waals surface area contributed by atoms with E-state index in [0.717, 1.165) is 59.2 Å². The van der Waals surface area contributed by atoms with E-state index in [1.165, 1.54) is 16.7 Å². The topological polar surface area (TPSA) is 93.6 Å². The summed E-state index contributed by atoms with van der Waals surface area (Å²) >= 11 is 0. The molecule has 0 aromatic heterocycles. The predicted octanol–water partition coefficient (Wildman–Crippen LogP) is 8.94. The lowest BCUT2D eigenvalue weighted by molar-refractivity contribution is -0.439. The zero-order valence-corrected chi connectivity index (χ0v) is 30.2. The normalized spacial score (nSPS) is 20.4. The van der Waals surface area contributed by atoms with Crippen molar-refractivity contribution < 1.29 is 24.0 Å². The molecule has 0 radical (unpaired) electrons. The number of unbranched alkanes of at least 4 members (excludes halogenated alkanes) is 1. The summed E-state index contributed by atoms with van der Waals surface area (Å²) in [5.41, 5.74) is 7.33. The average molecular weight is 693 g/mol. The van der Waals surface area contributed by atoms with Crippen molar-refractivity contribution in [3.05, 3.63) is 143 Å². The quantitative estimate of drug-likeness (QED) is 0.0440. The smallest absolute Gasteiger partial charge is 0.305 e. The van der Waals surface area contributed by atoms with Gasteiger partial charge in [-0.1, -0.05) is 98.6 Å². The average Bonchev–Trinajstić information content (AvgIpc) is 3.54. The van der Waals surface area contributed by atoms with Gasteiger partial charge in [0.05, 0.1) is 28.9 Å². The fraction of sp³-hybridized carbons (Fsp3) is 0.289. The Morgan fingerprint density at radius 2 is 1.71 bits per heavy atom. The van der Waals surface area contributed by atoms with Crippen LogP contribution < -0.4 is 4.90 Å². The molecule has 7 heteroatoms. The van der Waals surface area contributed by atoms with Crippen molar-refractivity contribution in [3.63, 3.8) is 0 Å². The number of fused-ring (bicyclic) bond motifs is 4. The molecule has 264 valence electrons. The first-order valence-corrected chi connectivity index (χ1v) is 18.1. The molecule has 0 saturated heterocycles. The molecule has 0 fully saturated rings. The molecule has 0 aliphatic carbocycles. The summed E-state index contributed by atoms with van der Waals surface area (Å²) < 4.78 is 7.49. The van der Waals surface area contributed by atoms with Gasteiger partial charge in [0.2, 0.25) is 5.69 Å². The summed E-state index contributed by atoms with van der Waals surface area (Å²) in [7, 11) is 0. The van der Waals surface area contributed by atoms with Crippen LogP contribution in [0.2, 0.25) is 0 Å². The van der Waals surface area contributed by atoms with Gasteiger partial charge in [-0.05, 0) is 73.6 Å². The Labute approximate surface area is 306 Å². The highest BCUT2D eigenvalue weighted by molar-refractivity contribution is 6.08. The number of para-hydroxylation sites is 1. The molecule has 2 aliphatic heterocycles. The van der Waals surface area contributed by atoms with Crippen LogP contribution in [-0.4, -0.2) is 47.5 Å². The van der Waals surface area contributed by atoms with Crippen molar-refractivity contribution in [2.24, 2.45) is 0 Å². The maximum Gasteiger partial charge on any atom is 0.305 e. The highest BCUT2D eigenvalue weighted by Crippen LogP contribution is 2.51. The number of benzene rings is 4. The van der Waals surface area contributed by atoms with Gasteiger partial charge >= 0.3 is 5.97 Å². The number of nitrogens with zero attached hydrogens (tertiary/aromatic N) is 3. The second-order valence-electron chi connectivity index (χ2n) is 14.0. The summed E-state index contributed by atoms with van der Waals surface area (Å²) in [6, 6.07) is 33.8. The molecule has 6 rings (SSSR count). The second kappa shape index (κ2) is 15.7. The van der Waals surface area contributed by atoms with E-state index in [9.17, 15) is 20.0 Å². The van der Waals surface area contributed by atoms with Crippen LogP contribution in [0.3, 0.4) is 0 Å². The SMILES string of the molecule is CCCCC1(C)\C(=C/C=C(C#N)/C=C/C2=[N+](CCOC=O)c3c(ccc4ccccc34)C2(C)Cc2ccccc2)N(CCC(=O)O)c2ccccc21. The Balaban J connectivity index is 1.48. The Morgan fingerprint density at radius 3 is 2.46 bits per heavy atom. The van der Waals surface area contributed by atoms with Gasteiger partial charge in [-0.15, -0.1) is 0 Å². The lowest BCUT2D eigenvalue weighted by Crippen LogP contribution is -2.34. The third-order valence-corrected chi connectivity index (χ3v) is 10.7. The maximum atomic E-state index is 11.7. The van der Waals surface area contributed by atoms with Gasteiger partial charge in [-0.25, -0.2) is 0 Å². The van der Waals surface area contributed by atoms with E-state index in [1.807, 2.05) is 54.6 Å². The number of ether oxygens (including phenoxy) is 1. The molecule has 0 saturated carbocycles. The molecule has 4 aromatic carbocycles. The van der Waals surface area contributed by atoms with E-state index in [2.05, 4.69) is 97.0 Å². The molecule has 52 heavy (non-hydrogen) atoms. The van der Waals surface area contributed by atoms with Crippen molar-refractivity contribution in [2.45, 2.75) is 63.7 Å². The third kappa shape index (κ3) is 6.94. The molecule has 4 aromatic rings. The minimum Gasteiger partial charge on any atom is -0.481 e. The molecular weight excluding hydrogens is 647 g/mol. The van der Waals surface area contributed by atoms with Crippen molar-refractivity contribution in [1.29, 1.82) is 5.26 Å². The van der Waals surface area contributed by atoms with Crippen molar-refractivity contribution >= 4 is 40.3 Å². The molecule has 7 nitrogen and oxygen atoms in total. The van der Waals surface area contributed by atoms with Crippen LogP contribution in [0.5, 0.6) is 0 Å². The molecule has 0 bridgehead atoms. The fourth-order valence-corrected chi connectivity index (χ4v) is 8.16. The standard InChI is InChI=1S/C45H45N3O4/c1-4-5-26-44(2)37-17-11-12-18-39(37)47(27-25-42(50)51)40(44)23-19-34(31-46)20-24-41-45(3,30-33-13-7-6-8-14-33)38-22-21-35-15-9-10-16-36(35)43(38)48(41)28-29-52-32-49/h6-24,32H,4-5,25-30H2,1-3H3/p+1. The number of hydrogen-bond donors (Lipinski definition) is 1. The largest absolute Gasteiger partial charge is 0.481 e. The van der Waals surface area contributed by atoms with Crippen LogP contribution in [-0.2, 0) is 31.6 Å². The van der Waals surface area contributed by atoms with E-state index in [4.69, 9.17) is 4.74 Å². The van der Waals surface area contributed by atoms with E-state index < -0.39 is 11.4 Å². The maximum absolute atomic E-state index is 11.7. The van der Waals surface area contributed by atoms with Gasteiger partial charge in [-0.2, -0.15) is 9.84 Å². The predicted molar refractivity (Wildman–Crippen MR) is 207 cm³/mol. The summed E-state index contributed by atoms with van der Waals surface area (Å²) in [5.74, 6) is -0.848. The first-order chi connectivity index (χ1) is 25.2. The first-order valence-electron chi connectivity index (χ1n) is 18.1. The Morgan fingerprint density at radius 1 is 0.962 bits per heavy atom. The van der Waals surface area contributed by atoms with Crippen molar-refractivity contribution in [3.8, 4) is 6.07 Å². The highest BCUT2D eigenvalue weighted by Gasteiger charge is 2.48. The monoisotopic (exact) mass is 692 g/mol. The lowest BCUT2D eigenvalue weighted by Gasteiger charge is -2.30. The number of carbonyl (C=O) groups excluding carboxylic acids is 1. The Bertz CT molecular complexity index is 2140. The molecule has 2 unspecified atom stereocenters. The van der Waals surface area contributed by atoms with Crippen LogP contribution in [0.1, 0.15) is 63.1 Å². The van der Waals surface area contributed by atoms with Gasteiger partial charge in [0, 0.05) is 35.0 Å². The third-order valence-electron chi connectivity index (χ3n) is 10.7.